The summed E-state index contributed by atoms with van der Waals surface area (Å²) in [6.07, 6.45) is 1.03. The van der Waals surface area contributed by atoms with Crippen molar-refractivity contribution in [1.29, 1.82) is 0 Å². The Morgan fingerprint density at radius 3 is 2.73 bits per heavy atom. The summed E-state index contributed by atoms with van der Waals surface area (Å²) in [6.45, 7) is 1.52. The van der Waals surface area contributed by atoms with E-state index in [1.807, 2.05) is 0 Å². The molecule has 0 fully saturated rings. The van der Waals surface area contributed by atoms with E-state index in [0.29, 0.717) is 5.56 Å². The second kappa shape index (κ2) is 4.35. The maximum atomic E-state index is 11.2. The van der Waals surface area contributed by atoms with Gasteiger partial charge in [0.05, 0.1) is 16.5 Å². The van der Waals surface area contributed by atoms with Crippen LogP contribution in [0.3, 0.4) is 0 Å². The highest BCUT2D eigenvalue weighted by Gasteiger charge is 2.21. The van der Waals surface area contributed by atoms with Gasteiger partial charge in [-0.1, -0.05) is 0 Å². The molecule has 1 rings (SSSR count). The summed E-state index contributed by atoms with van der Waals surface area (Å²) >= 11 is 3.07. The van der Waals surface area contributed by atoms with E-state index in [2.05, 4.69) is 25.7 Å². The zero-order valence-corrected chi connectivity index (χ0v) is 9.57. The molecule has 0 saturated carbocycles. The monoisotopic (exact) mass is 274 g/mol. The van der Waals surface area contributed by atoms with Gasteiger partial charge in [-0.25, -0.2) is 9.78 Å². The number of carbonyl (C=O) groups excluding carboxylic acids is 1. The molecular formula is C8H7BrN2O4. The van der Waals surface area contributed by atoms with Crippen molar-refractivity contribution in [1.82, 2.24) is 4.98 Å². The van der Waals surface area contributed by atoms with Crippen LogP contribution in [-0.4, -0.2) is 23.0 Å². The van der Waals surface area contributed by atoms with Crippen LogP contribution >= 0.6 is 15.9 Å². The number of esters is 1. The summed E-state index contributed by atoms with van der Waals surface area (Å²) in [5.74, 6) is -0.639. The summed E-state index contributed by atoms with van der Waals surface area (Å²) in [6, 6.07) is 0. The molecule has 0 radical (unpaired) electrons. The van der Waals surface area contributed by atoms with Crippen LogP contribution in [0.25, 0.3) is 0 Å². The molecule has 0 spiro atoms. The third-order valence-electron chi connectivity index (χ3n) is 1.81. The fourth-order valence-electron chi connectivity index (χ4n) is 0.992. The lowest BCUT2D eigenvalue weighted by molar-refractivity contribution is -0.385. The summed E-state index contributed by atoms with van der Waals surface area (Å²) in [5, 5.41) is 10.6. The first-order valence-corrected chi connectivity index (χ1v) is 4.66. The quantitative estimate of drug-likeness (QED) is 0.467. The number of nitrogens with zero attached hydrogens (tertiary/aromatic N) is 2. The third kappa shape index (κ3) is 2.12. The minimum Gasteiger partial charge on any atom is -0.464 e. The van der Waals surface area contributed by atoms with Crippen molar-refractivity contribution in [3.63, 3.8) is 0 Å². The molecule has 0 aromatic carbocycles. The van der Waals surface area contributed by atoms with Crippen LogP contribution in [0, 0.1) is 17.0 Å². The van der Waals surface area contributed by atoms with Crippen molar-refractivity contribution in [3.8, 4) is 0 Å². The zero-order valence-electron chi connectivity index (χ0n) is 7.98. The second-order valence-electron chi connectivity index (χ2n) is 2.68. The van der Waals surface area contributed by atoms with Gasteiger partial charge in [0.25, 0.3) is 5.69 Å². The highest BCUT2D eigenvalue weighted by Crippen LogP contribution is 2.27. The normalized spacial score (nSPS) is 9.80. The van der Waals surface area contributed by atoms with Gasteiger partial charge < -0.3 is 4.74 Å². The molecule has 0 N–H and O–H groups in total. The molecule has 0 bridgehead atoms. The number of hydrogen-bond acceptors (Lipinski definition) is 5. The van der Waals surface area contributed by atoms with Crippen LogP contribution in [0.4, 0.5) is 5.69 Å². The first kappa shape index (κ1) is 11.6. The van der Waals surface area contributed by atoms with Crippen molar-refractivity contribution in [2.45, 2.75) is 6.92 Å². The standard InChI is InChI=1S/C8H7BrN2O4/c1-4-5(11(13)14)3-10-7(6(4)9)8(12)15-2/h3H,1-2H3. The van der Waals surface area contributed by atoms with Gasteiger partial charge in [-0.2, -0.15) is 0 Å². The fraction of sp³-hybridized carbons (Fsp3) is 0.250. The van der Waals surface area contributed by atoms with Gasteiger partial charge in [0.2, 0.25) is 0 Å². The van der Waals surface area contributed by atoms with Gasteiger partial charge >= 0.3 is 5.97 Å². The summed E-state index contributed by atoms with van der Waals surface area (Å²) in [7, 11) is 1.22. The Bertz CT molecular complexity index is 433. The van der Waals surface area contributed by atoms with Crippen molar-refractivity contribution >= 4 is 27.6 Å². The zero-order chi connectivity index (χ0) is 11.6. The van der Waals surface area contributed by atoms with Crippen LogP contribution in [0.15, 0.2) is 10.7 Å². The lowest BCUT2D eigenvalue weighted by atomic mass is 10.2. The van der Waals surface area contributed by atoms with Crippen LogP contribution < -0.4 is 0 Å². The summed E-state index contributed by atoms with van der Waals surface area (Å²) in [4.78, 5) is 24.8. The SMILES string of the molecule is COC(=O)c1ncc([N+](=O)[O-])c(C)c1Br. The van der Waals surface area contributed by atoms with E-state index in [0.717, 1.165) is 6.20 Å². The third-order valence-corrected chi connectivity index (χ3v) is 2.78. The Hall–Kier alpha value is -1.50. The highest BCUT2D eigenvalue weighted by molar-refractivity contribution is 9.10. The fourth-order valence-corrected chi connectivity index (χ4v) is 1.46. The van der Waals surface area contributed by atoms with Crippen molar-refractivity contribution < 1.29 is 14.5 Å². The molecule has 0 aliphatic heterocycles. The van der Waals surface area contributed by atoms with Crippen LogP contribution in [-0.2, 0) is 4.74 Å². The Kier molecular flexibility index (Phi) is 3.35. The minimum atomic E-state index is -0.639. The number of methoxy groups -OCH3 is 1. The number of nitro groups is 1. The van der Waals surface area contributed by atoms with Gasteiger partial charge in [0, 0.05) is 5.56 Å². The van der Waals surface area contributed by atoms with Gasteiger partial charge in [0.1, 0.15) is 6.20 Å². The Balaban J connectivity index is 3.33. The predicted molar refractivity (Wildman–Crippen MR) is 54.7 cm³/mol. The molecule has 0 aliphatic carbocycles. The first-order chi connectivity index (χ1) is 6.99. The predicted octanol–water partition coefficient (Wildman–Crippen LogP) is 1.85. The Morgan fingerprint density at radius 1 is 1.67 bits per heavy atom. The van der Waals surface area contributed by atoms with Gasteiger partial charge in [-0.3, -0.25) is 10.1 Å². The van der Waals surface area contributed by atoms with Crippen molar-refractivity contribution in [2.75, 3.05) is 7.11 Å². The largest absolute Gasteiger partial charge is 0.464 e. The second-order valence-corrected chi connectivity index (χ2v) is 3.47. The molecule has 0 unspecified atom stereocenters. The number of aromatic nitrogens is 1. The van der Waals surface area contributed by atoms with Gasteiger partial charge in [-0.15, -0.1) is 0 Å². The molecule has 15 heavy (non-hydrogen) atoms. The maximum absolute atomic E-state index is 11.2. The highest BCUT2D eigenvalue weighted by atomic mass is 79.9. The number of rotatable bonds is 2. The van der Waals surface area contributed by atoms with E-state index in [1.54, 1.807) is 0 Å². The van der Waals surface area contributed by atoms with Gasteiger partial charge in [-0.05, 0) is 22.9 Å². The molecule has 0 amide bonds. The van der Waals surface area contributed by atoms with E-state index in [1.165, 1.54) is 14.0 Å². The van der Waals surface area contributed by atoms with E-state index in [-0.39, 0.29) is 15.9 Å². The molecular weight excluding hydrogens is 268 g/mol. The van der Waals surface area contributed by atoms with Crippen LogP contribution in [0.2, 0.25) is 0 Å². The average molecular weight is 275 g/mol. The van der Waals surface area contributed by atoms with Crippen molar-refractivity contribution in [3.05, 3.63) is 32.0 Å². The number of carbonyl (C=O) groups is 1. The molecule has 1 aromatic heterocycles. The number of halogens is 1. The smallest absolute Gasteiger partial charge is 0.357 e. The lowest BCUT2D eigenvalue weighted by Crippen LogP contribution is -2.07. The van der Waals surface area contributed by atoms with Crippen LogP contribution in [0.5, 0.6) is 0 Å². The molecule has 80 valence electrons. The molecule has 6 nitrogen and oxygen atoms in total. The first-order valence-electron chi connectivity index (χ1n) is 3.86. The van der Waals surface area contributed by atoms with E-state index in [9.17, 15) is 14.9 Å². The number of hydrogen-bond donors (Lipinski definition) is 0. The average Bonchev–Trinajstić information content (AvgIpc) is 2.20. The molecule has 0 atom stereocenters. The lowest BCUT2D eigenvalue weighted by Gasteiger charge is -2.04. The molecule has 1 heterocycles. The van der Waals surface area contributed by atoms with E-state index < -0.39 is 10.9 Å². The van der Waals surface area contributed by atoms with Crippen LogP contribution in [0.1, 0.15) is 16.1 Å². The van der Waals surface area contributed by atoms with E-state index in [4.69, 9.17) is 0 Å². The topological polar surface area (TPSA) is 82.3 Å². The number of pyridine rings is 1. The molecule has 7 heteroatoms. The minimum absolute atomic E-state index is 0.0283. The number of ether oxygens (including phenoxy) is 1. The van der Waals surface area contributed by atoms with Crippen molar-refractivity contribution in [2.24, 2.45) is 0 Å². The molecule has 0 saturated heterocycles. The summed E-state index contributed by atoms with van der Waals surface area (Å²) < 4.78 is 4.75. The van der Waals surface area contributed by atoms with E-state index >= 15 is 0 Å². The maximum Gasteiger partial charge on any atom is 0.357 e. The Morgan fingerprint density at radius 2 is 2.27 bits per heavy atom. The summed E-state index contributed by atoms with van der Waals surface area (Å²) in [5.41, 5.74) is 0.227. The Labute approximate surface area is 93.5 Å². The molecule has 0 aliphatic rings. The molecule has 1 aromatic rings. The van der Waals surface area contributed by atoms with Gasteiger partial charge in [0.15, 0.2) is 5.69 Å².